The average Bonchev–Trinajstić information content (AvgIpc) is 3.89. The zero-order valence-electron chi connectivity index (χ0n) is 40.8. The Morgan fingerprint density at radius 3 is 1.65 bits per heavy atom. The second-order valence-corrected chi connectivity index (χ2v) is 19.7. The Kier molecular flexibility index (Phi) is 20.5. The molecule has 4 aliphatic heterocycles. The Balaban J connectivity index is 1.85. The summed E-state index contributed by atoms with van der Waals surface area (Å²) in [5.74, 6) is -7.37. The molecule has 0 bridgehead atoms. The van der Waals surface area contributed by atoms with Gasteiger partial charge in [-0.1, -0.05) is 91.9 Å². The van der Waals surface area contributed by atoms with Crippen molar-refractivity contribution in [3.8, 4) is 0 Å². The van der Waals surface area contributed by atoms with Gasteiger partial charge in [-0.05, 0) is 67.2 Å². The van der Waals surface area contributed by atoms with Gasteiger partial charge in [-0.15, -0.1) is 0 Å². The molecular weight excluding hydrogens is 849 g/mol. The van der Waals surface area contributed by atoms with Gasteiger partial charge in [0, 0.05) is 25.7 Å². The molecule has 0 aromatic rings. The molecule has 4 heterocycles. The van der Waals surface area contributed by atoms with Crippen LogP contribution in [0.15, 0.2) is 0 Å². The van der Waals surface area contributed by atoms with E-state index < -0.39 is 120 Å². The summed E-state index contributed by atoms with van der Waals surface area (Å²) in [7, 11) is 0. The first-order valence-corrected chi connectivity index (χ1v) is 24.5. The molecule has 0 spiro atoms. The van der Waals surface area contributed by atoms with Crippen molar-refractivity contribution in [3.63, 3.8) is 0 Å². The smallest absolute Gasteiger partial charge is 0.306 e. The summed E-state index contributed by atoms with van der Waals surface area (Å²) in [4.78, 5) is 57.0. The lowest BCUT2D eigenvalue weighted by molar-refractivity contribution is -0.377. The van der Waals surface area contributed by atoms with Gasteiger partial charge in [0.05, 0.1) is 6.61 Å². The average molecular weight is 931 g/mol. The normalized spacial score (nSPS) is 33.8. The van der Waals surface area contributed by atoms with Gasteiger partial charge < -0.3 is 63.1 Å². The monoisotopic (exact) mass is 931 g/mol. The number of Topliss-reactive ketones (excluding diaryl/α,β-unsaturated/α-hetero) is 3. The van der Waals surface area contributed by atoms with Gasteiger partial charge in [-0.2, -0.15) is 0 Å². The molecule has 0 aromatic heterocycles. The number of ketones is 3. The predicted molar refractivity (Wildman–Crippen MR) is 235 cm³/mol. The fourth-order valence-electron chi connectivity index (χ4n) is 9.37. The lowest BCUT2D eigenvalue weighted by atomic mass is 9.64. The first-order valence-electron chi connectivity index (χ1n) is 24.5. The lowest BCUT2D eigenvalue weighted by Gasteiger charge is -2.55. The molecule has 4 rings (SSSR count). The number of carbonyl (C=O) groups is 4. The third kappa shape index (κ3) is 13.6. The van der Waals surface area contributed by atoms with Gasteiger partial charge in [0.1, 0.15) is 42.7 Å². The van der Waals surface area contributed by atoms with E-state index in [0.717, 1.165) is 25.7 Å². The number of aliphatic hydroxyl groups is 4. The molecule has 376 valence electrons. The first-order chi connectivity index (χ1) is 30.5. The largest absolute Gasteiger partial charge is 0.453 e. The van der Waals surface area contributed by atoms with Crippen molar-refractivity contribution < 1.29 is 82.2 Å². The van der Waals surface area contributed by atoms with Crippen LogP contribution in [0.2, 0.25) is 0 Å². The van der Waals surface area contributed by atoms with Crippen LogP contribution >= 0.6 is 0 Å². The number of unbranched alkanes of at least 4 members (excludes halogenated alkanes) is 10. The zero-order chi connectivity index (χ0) is 48.4. The molecule has 0 aliphatic carbocycles. The van der Waals surface area contributed by atoms with Gasteiger partial charge in [0.2, 0.25) is 11.9 Å². The summed E-state index contributed by atoms with van der Waals surface area (Å²) < 4.78 is 55.8. The predicted octanol–water partition coefficient (Wildman–Crippen LogP) is 5.78. The second-order valence-electron chi connectivity index (χ2n) is 19.7. The van der Waals surface area contributed by atoms with Gasteiger partial charge in [0.15, 0.2) is 52.7 Å². The van der Waals surface area contributed by atoms with E-state index in [2.05, 4.69) is 6.92 Å². The van der Waals surface area contributed by atoms with E-state index in [-0.39, 0.29) is 38.7 Å². The van der Waals surface area contributed by atoms with Crippen molar-refractivity contribution in [2.24, 2.45) is 0 Å². The van der Waals surface area contributed by atoms with Crippen molar-refractivity contribution in [2.45, 2.75) is 275 Å². The number of carbonyl (C=O) groups excluding carboxylic acids is 4. The summed E-state index contributed by atoms with van der Waals surface area (Å²) in [6.07, 6.45) is -8.90. The van der Waals surface area contributed by atoms with Crippen molar-refractivity contribution >= 4 is 23.3 Å². The Morgan fingerprint density at radius 1 is 0.585 bits per heavy atom. The van der Waals surface area contributed by atoms with Crippen LogP contribution in [0, 0.1) is 0 Å². The van der Waals surface area contributed by atoms with Crippen LogP contribution in [0.1, 0.15) is 185 Å². The highest BCUT2D eigenvalue weighted by Gasteiger charge is 2.75. The van der Waals surface area contributed by atoms with Crippen molar-refractivity contribution in [2.75, 3.05) is 6.61 Å². The number of esters is 1. The molecule has 4 fully saturated rings. The van der Waals surface area contributed by atoms with Gasteiger partial charge in [0.25, 0.3) is 0 Å². The topological polar surface area (TPSA) is 232 Å². The van der Waals surface area contributed by atoms with Gasteiger partial charge >= 0.3 is 5.97 Å². The number of hydrogen-bond acceptors (Lipinski definition) is 17. The molecule has 4 aliphatic rings. The first kappa shape index (κ1) is 55.6. The Hall–Kier alpha value is -2.00. The highest BCUT2D eigenvalue weighted by Crippen LogP contribution is 2.47. The standard InChI is InChI=1S/C48H82O17/c1-11-15-19-20-24-28-34(52)58-41-43(60-42(54)39-38(64-46(9,10)65-39)37-36(62-45(7,8)63-37)31-29-57-44(5,6)61-31)59-40(35(53)30(49)25-21-16-12-2)47(55,32(50)26-22-17-13-3)48(41,56)33(51)27-23-18-14-4/h31,35-43,53-56H,11-29H2,1-10H3/t31-,35?,36+,37-,38-,39+,40+,41+,42?,43-,47+,48+/m0/s1. The summed E-state index contributed by atoms with van der Waals surface area (Å²) in [5.41, 5.74) is -6.68. The summed E-state index contributed by atoms with van der Waals surface area (Å²) >= 11 is 0. The summed E-state index contributed by atoms with van der Waals surface area (Å²) in [5, 5.41) is 50.3. The van der Waals surface area contributed by atoms with Gasteiger partial charge in [-0.3, -0.25) is 19.2 Å². The van der Waals surface area contributed by atoms with Crippen molar-refractivity contribution in [3.05, 3.63) is 0 Å². The van der Waals surface area contributed by atoms with Crippen LogP contribution in [0.5, 0.6) is 0 Å². The Morgan fingerprint density at radius 2 is 1.08 bits per heavy atom. The third-order valence-corrected chi connectivity index (χ3v) is 12.8. The maximum Gasteiger partial charge on any atom is 0.306 e. The summed E-state index contributed by atoms with van der Waals surface area (Å²) in [6.45, 7) is 18.1. The van der Waals surface area contributed by atoms with E-state index >= 15 is 0 Å². The minimum atomic E-state index is -3.35. The molecule has 17 nitrogen and oxygen atoms in total. The van der Waals surface area contributed by atoms with Crippen LogP contribution in [-0.4, -0.2) is 140 Å². The van der Waals surface area contributed by atoms with E-state index in [1.54, 1.807) is 41.5 Å². The SMILES string of the molecule is CCCCCCCC(=O)O[C@@H]1[C@H](OC(O)[C@@H]2OC(C)(C)O[C@H]2[C@H]2OC(C)(C)O[C@@H]2[C@@H]2COC(C)(C)O2)O[C@H](C(O)C(=O)CCCCC)[C@](O)(C(=O)CCCCC)[C@@]1(O)C(=O)CCCCC. The Bertz CT molecular complexity index is 1550. The van der Waals surface area contributed by atoms with Crippen LogP contribution in [0.4, 0.5) is 0 Å². The molecular formula is C48H82O17. The Labute approximate surface area is 386 Å². The number of aliphatic hydroxyl groups excluding tert-OH is 2. The second kappa shape index (κ2) is 24.0. The molecule has 4 N–H and O–H groups in total. The summed E-state index contributed by atoms with van der Waals surface area (Å²) in [6, 6.07) is 0. The maximum atomic E-state index is 14.8. The third-order valence-electron chi connectivity index (χ3n) is 12.8. The molecule has 17 heteroatoms. The minimum Gasteiger partial charge on any atom is -0.453 e. The van der Waals surface area contributed by atoms with Crippen molar-refractivity contribution in [1.82, 2.24) is 0 Å². The quantitative estimate of drug-likeness (QED) is 0.0414. The van der Waals surface area contributed by atoms with E-state index in [4.69, 9.17) is 42.6 Å². The molecule has 4 saturated heterocycles. The molecule has 0 amide bonds. The molecule has 65 heavy (non-hydrogen) atoms. The highest BCUT2D eigenvalue weighted by molar-refractivity contribution is 6.01. The van der Waals surface area contributed by atoms with Gasteiger partial charge in [-0.25, -0.2) is 0 Å². The highest BCUT2D eigenvalue weighted by atomic mass is 16.8. The lowest BCUT2D eigenvalue weighted by Crippen LogP contribution is -2.82. The minimum absolute atomic E-state index is 0.154. The van der Waals surface area contributed by atoms with Crippen LogP contribution < -0.4 is 0 Å². The fourth-order valence-corrected chi connectivity index (χ4v) is 9.37. The number of ether oxygens (including phenoxy) is 9. The maximum absolute atomic E-state index is 14.8. The molecule has 2 unspecified atom stereocenters. The van der Waals surface area contributed by atoms with Crippen molar-refractivity contribution in [1.29, 1.82) is 0 Å². The molecule has 12 atom stereocenters. The van der Waals surface area contributed by atoms with E-state index in [9.17, 15) is 39.6 Å². The van der Waals surface area contributed by atoms with Crippen LogP contribution in [0.3, 0.4) is 0 Å². The number of hydrogen-bond donors (Lipinski definition) is 4. The fraction of sp³-hybridized carbons (Fsp3) is 0.917. The van der Waals surface area contributed by atoms with Crippen LogP contribution in [0.25, 0.3) is 0 Å². The van der Waals surface area contributed by atoms with E-state index in [0.29, 0.717) is 51.4 Å². The molecule has 0 saturated carbocycles. The molecule has 0 aromatic carbocycles. The molecule has 0 radical (unpaired) electrons. The van der Waals surface area contributed by atoms with Crippen LogP contribution in [-0.2, 0) is 61.8 Å². The van der Waals surface area contributed by atoms with E-state index in [1.165, 1.54) is 0 Å². The van der Waals surface area contributed by atoms with E-state index in [1.807, 2.05) is 20.8 Å². The number of rotatable bonds is 28. The zero-order valence-corrected chi connectivity index (χ0v) is 40.8.